The predicted octanol–water partition coefficient (Wildman–Crippen LogP) is 3.74. The van der Waals surface area contributed by atoms with E-state index in [1.54, 1.807) is 0 Å². The second kappa shape index (κ2) is 7.18. The van der Waals surface area contributed by atoms with Gasteiger partial charge in [-0.05, 0) is 56.9 Å². The Labute approximate surface area is 160 Å². The summed E-state index contributed by atoms with van der Waals surface area (Å²) in [4.78, 5) is 29.9. The molecule has 0 radical (unpaired) electrons. The van der Waals surface area contributed by atoms with Gasteiger partial charge in [-0.1, -0.05) is 35.4 Å². The highest BCUT2D eigenvalue weighted by Gasteiger charge is 2.34. The number of hydrogen-bond acceptors (Lipinski definition) is 2. The zero-order valence-electron chi connectivity index (χ0n) is 16.1. The van der Waals surface area contributed by atoms with Gasteiger partial charge in [-0.25, -0.2) is 0 Å². The van der Waals surface area contributed by atoms with E-state index in [4.69, 9.17) is 0 Å². The smallest absolute Gasteiger partial charge is 0.253 e. The molecule has 4 heteroatoms. The molecule has 4 nitrogen and oxygen atoms in total. The average Bonchev–Trinajstić information content (AvgIpc) is 3.10. The molecule has 1 saturated heterocycles. The maximum atomic E-state index is 13.2. The van der Waals surface area contributed by atoms with E-state index in [1.165, 1.54) is 5.56 Å². The Bertz CT molecular complexity index is 869. The molecule has 2 amide bonds. The molecule has 1 atom stereocenters. The van der Waals surface area contributed by atoms with E-state index in [-0.39, 0.29) is 17.7 Å². The summed E-state index contributed by atoms with van der Waals surface area (Å²) in [7, 11) is 0. The highest BCUT2D eigenvalue weighted by molar-refractivity contribution is 5.98. The Morgan fingerprint density at radius 3 is 2.52 bits per heavy atom. The highest BCUT2D eigenvalue weighted by atomic mass is 16.2. The van der Waals surface area contributed by atoms with Crippen molar-refractivity contribution in [2.45, 2.75) is 33.1 Å². The van der Waals surface area contributed by atoms with Crippen LogP contribution in [-0.4, -0.2) is 36.3 Å². The summed E-state index contributed by atoms with van der Waals surface area (Å²) in [5.41, 5.74) is 5.20. The summed E-state index contributed by atoms with van der Waals surface area (Å²) in [5.74, 6) is 0.0961. The van der Waals surface area contributed by atoms with Crippen molar-refractivity contribution in [2.75, 3.05) is 24.5 Å². The zero-order valence-corrected chi connectivity index (χ0v) is 16.1. The molecule has 0 N–H and O–H groups in total. The quantitative estimate of drug-likeness (QED) is 0.816. The van der Waals surface area contributed by atoms with Crippen molar-refractivity contribution in [1.82, 2.24) is 4.90 Å². The summed E-state index contributed by atoms with van der Waals surface area (Å²) in [6.07, 6.45) is 2.65. The van der Waals surface area contributed by atoms with Crippen LogP contribution in [0.3, 0.4) is 0 Å². The van der Waals surface area contributed by atoms with Gasteiger partial charge in [0, 0.05) is 30.9 Å². The molecule has 2 heterocycles. The maximum absolute atomic E-state index is 13.2. The van der Waals surface area contributed by atoms with Crippen molar-refractivity contribution >= 4 is 17.5 Å². The zero-order chi connectivity index (χ0) is 19.0. The van der Waals surface area contributed by atoms with Crippen molar-refractivity contribution < 1.29 is 9.59 Å². The first-order valence-corrected chi connectivity index (χ1v) is 9.80. The first-order chi connectivity index (χ1) is 13.0. The number of hydrogen-bond donors (Lipinski definition) is 0. The number of anilines is 1. The summed E-state index contributed by atoms with van der Waals surface area (Å²) in [6, 6.07) is 14.1. The first kappa shape index (κ1) is 17.8. The molecule has 2 aromatic carbocycles. The van der Waals surface area contributed by atoms with E-state index in [1.807, 2.05) is 54.0 Å². The third kappa shape index (κ3) is 3.48. The molecule has 2 aromatic rings. The number of amides is 2. The van der Waals surface area contributed by atoms with Gasteiger partial charge in [0.05, 0.1) is 5.92 Å². The van der Waals surface area contributed by atoms with Gasteiger partial charge in [0.2, 0.25) is 5.91 Å². The Kier molecular flexibility index (Phi) is 4.73. The van der Waals surface area contributed by atoms with Gasteiger partial charge in [-0.3, -0.25) is 9.59 Å². The lowest BCUT2D eigenvalue weighted by atomic mass is 9.95. The number of para-hydroxylation sites is 1. The number of piperidine rings is 1. The van der Waals surface area contributed by atoms with Crippen LogP contribution in [0.25, 0.3) is 0 Å². The molecule has 4 rings (SSSR count). The molecule has 2 aliphatic heterocycles. The molecule has 0 aliphatic carbocycles. The van der Waals surface area contributed by atoms with Gasteiger partial charge < -0.3 is 9.80 Å². The molecule has 2 aliphatic rings. The minimum Gasteiger partial charge on any atom is -0.338 e. The number of benzene rings is 2. The third-order valence-electron chi connectivity index (χ3n) is 5.68. The summed E-state index contributed by atoms with van der Waals surface area (Å²) < 4.78 is 0. The van der Waals surface area contributed by atoms with Gasteiger partial charge in [-0.15, -0.1) is 0 Å². The molecule has 1 unspecified atom stereocenters. The SMILES string of the molecule is Cc1cc(C)cc(C(=O)N2CCCC(C(=O)N3CCc4ccccc43)C2)c1. The van der Waals surface area contributed by atoms with Crippen LogP contribution in [-0.2, 0) is 11.2 Å². The second-order valence-electron chi connectivity index (χ2n) is 7.84. The second-order valence-corrected chi connectivity index (χ2v) is 7.84. The highest BCUT2D eigenvalue weighted by Crippen LogP contribution is 2.31. The van der Waals surface area contributed by atoms with Crippen LogP contribution in [0.1, 0.15) is 39.9 Å². The van der Waals surface area contributed by atoms with Crippen LogP contribution >= 0.6 is 0 Å². The standard InChI is InChI=1S/C23H26N2O2/c1-16-12-17(2)14-20(13-16)22(26)24-10-5-7-19(15-24)23(27)25-11-9-18-6-3-4-8-21(18)25/h3-4,6,8,12-14,19H,5,7,9-11,15H2,1-2H3. The van der Waals surface area contributed by atoms with Crippen molar-refractivity contribution in [3.05, 3.63) is 64.7 Å². The van der Waals surface area contributed by atoms with Crippen molar-refractivity contribution in [3.63, 3.8) is 0 Å². The van der Waals surface area contributed by atoms with Gasteiger partial charge in [0.15, 0.2) is 0 Å². The minimum absolute atomic E-state index is 0.0427. The number of nitrogens with zero attached hydrogens (tertiary/aromatic N) is 2. The van der Waals surface area contributed by atoms with Gasteiger partial charge >= 0.3 is 0 Å². The first-order valence-electron chi connectivity index (χ1n) is 9.80. The Balaban J connectivity index is 1.50. The molecule has 27 heavy (non-hydrogen) atoms. The molecule has 0 aromatic heterocycles. The number of carbonyl (C=O) groups is 2. The van der Waals surface area contributed by atoms with Crippen LogP contribution in [0, 0.1) is 19.8 Å². The fourth-order valence-corrected chi connectivity index (χ4v) is 4.43. The van der Waals surface area contributed by atoms with Gasteiger partial charge in [0.25, 0.3) is 5.91 Å². The normalized spacial score (nSPS) is 19.1. The van der Waals surface area contributed by atoms with Crippen LogP contribution < -0.4 is 4.90 Å². The van der Waals surface area contributed by atoms with Crippen molar-refractivity contribution in [3.8, 4) is 0 Å². The van der Waals surface area contributed by atoms with E-state index in [0.717, 1.165) is 54.7 Å². The molecule has 140 valence electrons. The van der Waals surface area contributed by atoms with Crippen molar-refractivity contribution in [1.29, 1.82) is 0 Å². The fraction of sp³-hybridized carbons (Fsp3) is 0.391. The molecular formula is C23H26N2O2. The fourth-order valence-electron chi connectivity index (χ4n) is 4.43. The molecule has 0 bridgehead atoms. The van der Waals surface area contributed by atoms with E-state index in [9.17, 15) is 9.59 Å². The summed E-state index contributed by atoms with van der Waals surface area (Å²) in [5, 5.41) is 0. The Morgan fingerprint density at radius 1 is 1.00 bits per heavy atom. The predicted molar refractivity (Wildman–Crippen MR) is 107 cm³/mol. The number of aryl methyl sites for hydroxylation is 2. The van der Waals surface area contributed by atoms with Crippen LogP contribution in [0.2, 0.25) is 0 Å². The Morgan fingerprint density at radius 2 is 1.74 bits per heavy atom. The average molecular weight is 362 g/mol. The van der Waals surface area contributed by atoms with E-state index >= 15 is 0 Å². The van der Waals surface area contributed by atoms with E-state index in [0.29, 0.717) is 6.54 Å². The molecule has 0 saturated carbocycles. The van der Waals surface area contributed by atoms with Crippen LogP contribution in [0.15, 0.2) is 42.5 Å². The summed E-state index contributed by atoms with van der Waals surface area (Å²) >= 11 is 0. The van der Waals surface area contributed by atoms with Gasteiger partial charge in [-0.2, -0.15) is 0 Å². The maximum Gasteiger partial charge on any atom is 0.253 e. The molecular weight excluding hydrogens is 336 g/mol. The van der Waals surface area contributed by atoms with Gasteiger partial charge in [0.1, 0.15) is 0 Å². The minimum atomic E-state index is -0.111. The number of likely N-dealkylation sites (tertiary alicyclic amines) is 1. The monoisotopic (exact) mass is 362 g/mol. The topological polar surface area (TPSA) is 40.6 Å². The molecule has 0 spiro atoms. The number of carbonyl (C=O) groups excluding carboxylic acids is 2. The number of rotatable bonds is 2. The summed E-state index contributed by atoms with van der Waals surface area (Å²) in [6.45, 7) is 6.02. The lowest BCUT2D eigenvalue weighted by Crippen LogP contribution is -2.46. The lowest BCUT2D eigenvalue weighted by Gasteiger charge is -2.34. The van der Waals surface area contributed by atoms with E-state index in [2.05, 4.69) is 12.1 Å². The Hall–Kier alpha value is -2.62. The van der Waals surface area contributed by atoms with Crippen LogP contribution in [0.4, 0.5) is 5.69 Å². The number of fused-ring (bicyclic) bond motifs is 1. The lowest BCUT2D eigenvalue weighted by molar-refractivity contribution is -0.123. The molecule has 1 fully saturated rings. The third-order valence-corrected chi connectivity index (χ3v) is 5.68. The largest absolute Gasteiger partial charge is 0.338 e. The van der Waals surface area contributed by atoms with Crippen LogP contribution in [0.5, 0.6) is 0 Å². The van der Waals surface area contributed by atoms with Crippen molar-refractivity contribution in [2.24, 2.45) is 5.92 Å². The van der Waals surface area contributed by atoms with E-state index < -0.39 is 0 Å².